The normalized spacial score (nSPS) is 9.94. The van der Waals surface area contributed by atoms with Gasteiger partial charge in [-0.15, -0.1) is 20.4 Å². The van der Waals surface area contributed by atoms with Crippen molar-refractivity contribution in [3.05, 3.63) is 36.2 Å². The molecule has 0 radical (unpaired) electrons. The van der Waals surface area contributed by atoms with Crippen molar-refractivity contribution in [1.29, 1.82) is 0 Å². The molecular formula is C11H10N4O2. The molecular weight excluding hydrogens is 220 g/mol. The number of rotatable bonds is 3. The van der Waals surface area contributed by atoms with E-state index in [0.717, 1.165) is 5.56 Å². The van der Waals surface area contributed by atoms with E-state index in [0.29, 0.717) is 5.82 Å². The van der Waals surface area contributed by atoms with E-state index in [-0.39, 0.29) is 12.2 Å². The van der Waals surface area contributed by atoms with Gasteiger partial charge in [-0.3, -0.25) is 4.79 Å². The molecule has 6 heteroatoms. The van der Waals surface area contributed by atoms with Gasteiger partial charge in [-0.1, -0.05) is 30.3 Å². The van der Waals surface area contributed by atoms with Crippen molar-refractivity contribution in [3.8, 4) is 11.4 Å². The lowest BCUT2D eigenvalue weighted by Crippen LogP contribution is -2.10. The summed E-state index contributed by atoms with van der Waals surface area (Å²) in [6, 6.07) is 9.37. The Bertz CT molecular complexity index is 499. The van der Waals surface area contributed by atoms with E-state index in [1.807, 2.05) is 30.3 Å². The van der Waals surface area contributed by atoms with Gasteiger partial charge >= 0.3 is 5.97 Å². The van der Waals surface area contributed by atoms with Crippen molar-refractivity contribution < 1.29 is 9.53 Å². The van der Waals surface area contributed by atoms with Crippen molar-refractivity contribution in [3.63, 3.8) is 0 Å². The molecule has 86 valence electrons. The average Bonchev–Trinajstić information content (AvgIpc) is 2.40. The average molecular weight is 230 g/mol. The molecule has 0 spiro atoms. The van der Waals surface area contributed by atoms with Gasteiger partial charge in [-0.25, -0.2) is 0 Å². The number of hydrogen-bond acceptors (Lipinski definition) is 6. The highest BCUT2D eigenvalue weighted by Crippen LogP contribution is 2.10. The Morgan fingerprint density at radius 1 is 1.12 bits per heavy atom. The van der Waals surface area contributed by atoms with E-state index in [1.54, 1.807) is 0 Å². The van der Waals surface area contributed by atoms with Gasteiger partial charge in [-0.2, -0.15) is 0 Å². The van der Waals surface area contributed by atoms with Crippen LogP contribution in [0.4, 0.5) is 0 Å². The van der Waals surface area contributed by atoms with Gasteiger partial charge in [0.1, 0.15) is 6.42 Å². The highest BCUT2D eigenvalue weighted by molar-refractivity contribution is 5.71. The van der Waals surface area contributed by atoms with Crippen LogP contribution < -0.4 is 0 Å². The number of carbonyl (C=O) groups is 1. The second kappa shape index (κ2) is 5.11. The van der Waals surface area contributed by atoms with Crippen LogP contribution in [0.1, 0.15) is 5.82 Å². The number of carbonyl (C=O) groups excluding carboxylic acids is 1. The zero-order valence-electron chi connectivity index (χ0n) is 9.20. The molecule has 0 saturated heterocycles. The lowest BCUT2D eigenvalue weighted by Gasteiger charge is -1.99. The van der Waals surface area contributed by atoms with Gasteiger partial charge in [0, 0.05) is 5.56 Å². The lowest BCUT2D eigenvalue weighted by molar-refractivity contribution is -0.139. The zero-order valence-corrected chi connectivity index (χ0v) is 9.20. The quantitative estimate of drug-likeness (QED) is 0.720. The van der Waals surface area contributed by atoms with Crippen LogP contribution in [0.2, 0.25) is 0 Å². The Morgan fingerprint density at radius 3 is 2.35 bits per heavy atom. The summed E-state index contributed by atoms with van der Waals surface area (Å²) in [5, 5.41) is 15.4. The lowest BCUT2D eigenvalue weighted by atomic mass is 10.2. The monoisotopic (exact) mass is 230 g/mol. The molecule has 0 amide bonds. The van der Waals surface area contributed by atoms with Crippen LogP contribution >= 0.6 is 0 Å². The number of esters is 1. The Labute approximate surface area is 97.7 Å². The van der Waals surface area contributed by atoms with E-state index in [4.69, 9.17) is 0 Å². The van der Waals surface area contributed by atoms with Gasteiger partial charge < -0.3 is 4.74 Å². The van der Waals surface area contributed by atoms with Crippen LogP contribution in [0, 0.1) is 0 Å². The van der Waals surface area contributed by atoms with Crippen molar-refractivity contribution in [2.75, 3.05) is 7.11 Å². The molecule has 0 fully saturated rings. The second-order valence-corrected chi connectivity index (χ2v) is 3.26. The van der Waals surface area contributed by atoms with Crippen molar-refractivity contribution in [1.82, 2.24) is 20.4 Å². The maximum Gasteiger partial charge on any atom is 0.313 e. The highest BCUT2D eigenvalue weighted by atomic mass is 16.5. The maximum atomic E-state index is 11.0. The van der Waals surface area contributed by atoms with E-state index >= 15 is 0 Å². The highest BCUT2D eigenvalue weighted by Gasteiger charge is 2.08. The molecule has 1 aromatic heterocycles. The first-order chi connectivity index (χ1) is 8.29. The maximum absolute atomic E-state index is 11.0. The Morgan fingerprint density at radius 2 is 1.76 bits per heavy atom. The molecule has 2 aromatic rings. The number of hydrogen-bond donors (Lipinski definition) is 0. The van der Waals surface area contributed by atoms with Crippen LogP contribution in [0.3, 0.4) is 0 Å². The molecule has 0 aliphatic rings. The van der Waals surface area contributed by atoms with Crippen LogP contribution in [-0.4, -0.2) is 33.5 Å². The summed E-state index contributed by atoms with van der Waals surface area (Å²) >= 11 is 0. The number of methoxy groups -OCH3 is 1. The first kappa shape index (κ1) is 11.1. The molecule has 0 aliphatic carbocycles. The molecule has 0 unspecified atom stereocenters. The summed E-state index contributed by atoms with van der Waals surface area (Å²) in [6.07, 6.45) is -0.0223. The van der Waals surface area contributed by atoms with Crippen molar-refractivity contribution >= 4 is 5.97 Å². The molecule has 2 rings (SSSR count). The summed E-state index contributed by atoms with van der Waals surface area (Å²) in [5.41, 5.74) is 0.831. The van der Waals surface area contributed by atoms with Crippen molar-refractivity contribution in [2.45, 2.75) is 6.42 Å². The second-order valence-electron chi connectivity index (χ2n) is 3.26. The Hall–Kier alpha value is -2.37. The first-order valence-electron chi connectivity index (χ1n) is 4.98. The molecule has 1 heterocycles. The van der Waals surface area contributed by atoms with Crippen molar-refractivity contribution in [2.24, 2.45) is 0 Å². The van der Waals surface area contributed by atoms with Gasteiger partial charge in [-0.05, 0) is 0 Å². The minimum Gasteiger partial charge on any atom is -0.469 e. The number of ether oxygens (including phenoxy) is 1. The van der Waals surface area contributed by atoms with Gasteiger partial charge in [0.15, 0.2) is 5.82 Å². The zero-order chi connectivity index (χ0) is 12.1. The third-order valence-corrected chi connectivity index (χ3v) is 2.08. The summed E-state index contributed by atoms with van der Waals surface area (Å²) in [5.74, 6) is 0.261. The minimum absolute atomic E-state index is 0.0223. The van der Waals surface area contributed by atoms with Gasteiger partial charge in [0.25, 0.3) is 0 Å². The summed E-state index contributed by atoms with van der Waals surface area (Å²) < 4.78 is 4.49. The van der Waals surface area contributed by atoms with Crippen LogP contribution in [0.5, 0.6) is 0 Å². The minimum atomic E-state index is -0.416. The third kappa shape index (κ3) is 2.81. The van der Waals surface area contributed by atoms with E-state index < -0.39 is 5.97 Å². The van der Waals surface area contributed by atoms with Gasteiger partial charge in [0.2, 0.25) is 5.82 Å². The Kier molecular flexibility index (Phi) is 3.34. The largest absolute Gasteiger partial charge is 0.469 e. The molecule has 6 nitrogen and oxygen atoms in total. The molecule has 1 aromatic carbocycles. The molecule has 0 aliphatic heterocycles. The predicted molar refractivity (Wildman–Crippen MR) is 58.8 cm³/mol. The van der Waals surface area contributed by atoms with E-state index in [2.05, 4.69) is 25.1 Å². The molecule has 0 bridgehead atoms. The summed E-state index contributed by atoms with van der Waals surface area (Å²) in [7, 11) is 1.31. The number of benzene rings is 1. The fourth-order valence-corrected chi connectivity index (χ4v) is 1.22. The topological polar surface area (TPSA) is 77.9 Å². The standard InChI is InChI=1S/C11H10N4O2/c1-17-10(16)7-9-12-14-11(15-13-9)8-5-3-2-4-6-8/h2-6H,7H2,1H3. The summed E-state index contributed by atoms with van der Waals surface area (Å²) in [6.45, 7) is 0. The van der Waals surface area contributed by atoms with Crippen LogP contribution in [0.25, 0.3) is 11.4 Å². The number of nitrogens with zero attached hydrogens (tertiary/aromatic N) is 4. The third-order valence-electron chi connectivity index (χ3n) is 2.08. The smallest absolute Gasteiger partial charge is 0.313 e. The van der Waals surface area contributed by atoms with E-state index in [1.165, 1.54) is 7.11 Å². The molecule has 0 saturated carbocycles. The van der Waals surface area contributed by atoms with Gasteiger partial charge in [0.05, 0.1) is 7.11 Å². The van der Waals surface area contributed by atoms with Crippen LogP contribution in [-0.2, 0) is 16.0 Å². The number of aromatic nitrogens is 4. The summed E-state index contributed by atoms with van der Waals surface area (Å²) in [4.78, 5) is 11.0. The SMILES string of the molecule is COC(=O)Cc1nnc(-c2ccccc2)nn1. The Balaban J connectivity index is 2.16. The molecule has 0 N–H and O–H groups in total. The fourth-order valence-electron chi connectivity index (χ4n) is 1.22. The van der Waals surface area contributed by atoms with Crippen LogP contribution in [0.15, 0.2) is 30.3 Å². The predicted octanol–water partition coefficient (Wildman–Crippen LogP) is 0.649. The molecule has 17 heavy (non-hydrogen) atoms. The fraction of sp³-hybridized carbons (Fsp3) is 0.182. The molecule has 0 atom stereocenters. The van der Waals surface area contributed by atoms with E-state index in [9.17, 15) is 4.79 Å². The first-order valence-corrected chi connectivity index (χ1v) is 4.98.